The van der Waals surface area contributed by atoms with E-state index >= 15 is 0 Å². The molecule has 0 heterocycles. The Hall–Kier alpha value is -0.0603. The number of aliphatic carboxylic acids is 1. The first-order valence-corrected chi connectivity index (χ1v) is 2.15. The van der Waals surface area contributed by atoms with E-state index in [0.717, 1.165) is 6.08 Å². The second-order valence-electron chi connectivity index (χ2n) is 1.19. The Kier molecular flexibility index (Phi) is 8.89. The van der Waals surface area contributed by atoms with Crippen molar-refractivity contribution in [2.45, 2.75) is 0 Å². The number of carboxylic acid groups (broad SMARTS) is 1. The van der Waals surface area contributed by atoms with Gasteiger partial charge in [0.25, 0.3) is 0 Å². The zero-order valence-electron chi connectivity index (χ0n) is 4.83. The second kappa shape index (κ2) is 7.05. The summed E-state index contributed by atoms with van der Waals surface area (Å²) in [6.07, 6.45) is 1.55. The molecule has 4 nitrogen and oxygen atoms in total. The summed E-state index contributed by atoms with van der Waals surface area (Å²) in [5.41, 5.74) is 0. The first-order valence-electron chi connectivity index (χ1n) is 2.15. The molecule has 5 heteroatoms. The van der Waals surface area contributed by atoms with Crippen LogP contribution in [-0.2, 0) is 14.3 Å². The molecule has 0 aromatic rings. The van der Waals surface area contributed by atoms with Crippen LogP contribution in [0.25, 0.3) is 0 Å². The van der Waals surface area contributed by atoms with Gasteiger partial charge in [-0.05, 0) is 0 Å². The zero-order chi connectivity index (χ0) is 7.28. The minimum absolute atomic E-state index is 0. The van der Waals surface area contributed by atoms with Crippen LogP contribution >= 0.6 is 0 Å². The summed E-state index contributed by atoms with van der Waals surface area (Å²) in [5, 5.41) is 7.96. The predicted molar refractivity (Wildman–Crippen MR) is 37.3 cm³/mol. The molecule has 10 heavy (non-hydrogen) atoms. The van der Waals surface area contributed by atoms with Gasteiger partial charge in [-0.2, -0.15) is 0 Å². The molecule has 0 spiro atoms. The van der Waals surface area contributed by atoms with Crippen LogP contribution in [-0.4, -0.2) is 61.9 Å². The fraction of sp³-hybridized carbons (Fsp3) is 0.200. The van der Waals surface area contributed by atoms with E-state index in [2.05, 4.69) is 4.74 Å². The Morgan fingerprint density at radius 2 is 1.90 bits per heavy atom. The van der Waals surface area contributed by atoms with E-state index in [1.54, 1.807) is 0 Å². The van der Waals surface area contributed by atoms with Gasteiger partial charge < -0.3 is 9.84 Å². The monoisotopic (exact) mass is 172 g/mol. The normalized spacial score (nSPS) is 8.50. The van der Waals surface area contributed by atoms with E-state index in [-0.39, 0.29) is 37.7 Å². The van der Waals surface area contributed by atoms with Crippen LogP contribution in [0.15, 0.2) is 12.2 Å². The summed E-state index contributed by atoms with van der Waals surface area (Å²) in [4.78, 5) is 19.9. The molecular weight excluding hydrogens is 164 g/mol. The van der Waals surface area contributed by atoms with Crippen molar-refractivity contribution in [1.29, 1.82) is 0 Å². The Morgan fingerprint density at radius 1 is 1.40 bits per heavy atom. The Labute approximate surface area is 87.9 Å². The summed E-state index contributed by atoms with van der Waals surface area (Å²) < 4.78 is 4.11. The molecule has 0 unspecified atom stereocenters. The quantitative estimate of drug-likeness (QED) is 0.326. The first kappa shape index (κ1) is 12.6. The van der Waals surface area contributed by atoms with Crippen molar-refractivity contribution >= 4 is 49.7 Å². The van der Waals surface area contributed by atoms with Crippen molar-refractivity contribution in [2.75, 3.05) is 7.11 Å². The standard InChI is InChI=1S/C5H6O4.Ca.2H/c1-9-5(8)3-2-4(6)7;;;/h2-3H,1H3,(H,6,7);;;. The summed E-state index contributed by atoms with van der Waals surface area (Å²) in [6.45, 7) is 0. The number of ether oxygens (including phenoxy) is 1. The molecule has 1 N–H and O–H groups in total. The maximum absolute atomic E-state index is 10.1. The summed E-state index contributed by atoms with van der Waals surface area (Å²) in [5.74, 6) is -1.84. The van der Waals surface area contributed by atoms with Crippen LogP contribution in [0.4, 0.5) is 0 Å². The molecule has 0 aromatic carbocycles. The van der Waals surface area contributed by atoms with Crippen molar-refractivity contribution in [1.82, 2.24) is 0 Å². The van der Waals surface area contributed by atoms with Crippen LogP contribution in [0.3, 0.4) is 0 Å². The van der Waals surface area contributed by atoms with Gasteiger partial charge >= 0.3 is 49.7 Å². The fourth-order valence-corrected chi connectivity index (χ4v) is 0.207. The third-order valence-corrected chi connectivity index (χ3v) is 0.563. The van der Waals surface area contributed by atoms with Crippen molar-refractivity contribution < 1.29 is 19.4 Å². The molecule has 0 aromatic heterocycles. The molecule has 0 rings (SSSR count). The van der Waals surface area contributed by atoms with Gasteiger partial charge in [-0.25, -0.2) is 9.59 Å². The van der Waals surface area contributed by atoms with Gasteiger partial charge in [0.1, 0.15) is 0 Å². The van der Waals surface area contributed by atoms with Gasteiger partial charge in [-0.3, -0.25) is 0 Å². The summed E-state index contributed by atoms with van der Waals surface area (Å²) >= 11 is 0. The SMILES string of the molecule is COC(=O)C=CC(=O)O.[CaH2]. The molecule has 54 valence electrons. The van der Waals surface area contributed by atoms with Gasteiger partial charge in [-0.15, -0.1) is 0 Å². The molecule has 0 amide bonds. The Morgan fingerprint density at radius 3 is 2.20 bits per heavy atom. The molecule has 0 saturated carbocycles. The Bertz CT molecular complexity index is 152. The number of carbonyl (C=O) groups is 2. The van der Waals surface area contributed by atoms with Gasteiger partial charge in [0, 0.05) is 12.2 Å². The molecular formula is C5H8CaO4. The maximum atomic E-state index is 10.1. The van der Waals surface area contributed by atoms with Gasteiger partial charge in [0.15, 0.2) is 0 Å². The Balaban J connectivity index is 0. The van der Waals surface area contributed by atoms with E-state index < -0.39 is 11.9 Å². The van der Waals surface area contributed by atoms with Crippen molar-refractivity contribution in [2.24, 2.45) is 0 Å². The molecule has 0 radical (unpaired) electrons. The van der Waals surface area contributed by atoms with Crippen LogP contribution < -0.4 is 0 Å². The average molecular weight is 172 g/mol. The van der Waals surface area contributed by atoms with Gasteiger partial charge in [-0.1, -0.05) is 0 Å². The van der Waals surface area contributed by atoms with Crippen LogP contribution in [0, 0.1) is 0 Å². The predicted octanol–water partition coefficient (Wildman–Crippen LogP) is -1.12. The number of carbonyl (C=O) groups excluding carboxylic acids is 1. The van der Waals surface area contributed by atoms with E-state index in [1.165, 1.54) is 7.11 Å². The van der Waals surface area contributed by atoms with E-state index in [4.69, 9.17) is 5.11 Å². The number of carboxylic acids is 1. The molecule has 0 saturated heterocycles. The third-order valence-electron chi connectivity index (χ3n) is 0.563. The van der Waals surface area contributed by atoms with E-state index in [9.17, 15) is 9.59 Å². The van der Waals surface area contributed by atoms with Crippen LogP contribution in [0.2, 0.25) is 0 Å². The number of hydrogen-bond acceptors (Lipinski definition) is 3. The minimum atomic E-state index is -1.17. The first-order chi connectivity index (χ1) is 4.16. The van der Waals surface area contributed by atoms with Gasteiger partial charge in [0.2, 0.25) is 0 Å². The number of rotatable bonds is 2. The number of esters is 1. The molecule has 0 atom stereocenters. The molecule has 0 bridgehead atoms. The molecule has 0 aliphatic carbocycles. The summed E-state index contributed by atoms with van der Waals surface area (Å²) in [6, 6.07) is 0. The van der Waals surface area contributed by atoms with E-state index in [1.807, 2.05) is 0 Å². The molecule has 0 aliphatic heterocycles. The number of methoxy groups -OCH3 is 1. The van der Waals surface area contributed by atoms with Crippen molar-refractivity contribution in [3.8, 4) is 0 Å². The van der Waals surface area contributed by atoms with Crippen molar-refractivity contribution in [3.05, 3.63) is 12.2 Å². The van der Waals surface area contributed by atoms with E-state index in [0.29, 0.717) is 6.08 Å². The number of hydrogen-bond donors (Lipinski definition) is 1. The summed E-state index contributed by atoms with van der Waals surface area (Å²) in [7, 11) is 1.18. The second-order valence-corrected chi connectivity index (χ2v) is 1.19. The van der Waals surface area contributed by atoms with Gasteiger partial charge in [0.05, 0.1) is 7.11 Å². The topological polar surface area (TPSA) is 63.6 Å². The fourth-order valence-electron chi connectivity index (χ4n) is 0.207. The zero-order valence-corrected chi connectivity index (χ0v) is 4.83. The van der Waals surface area contributed by atoms with Crippen molar-refractivity contribution in [3.63, 3.8) is 0 Å². The molecule has 0 fully saturated rings. The average Bonchev–Trinajstić information content (AvgIpc) is 1.83. The molecule has 0 aliphatic rings. The van der Waals surface area contributed by atoms with Crippen LogP contribution in [0.1, 0.15) is 0 Å². The third kappa shape index (κ3) is 7.94. The van der Waals surface area contributed by atoms with Crippen LogP contribution in [0.5, 0.6) is 0 Å².